The molecule has 2 aromatic heterocycles. The molecule has 0 atom stereocenters. The summed E-state index contributed by atoms with van der Waals surface area (Å²) in [5.41, 5.74) is 2.21. The van der Waals surface area contributed by atoms with Crippen LogP contribution < -0.4 is 0 Å². The van der Waals surface area contributed by atoms with Gasteiger partial charge in [-0.3, -0.25) is 4.98 Å². The van der Waals surface area contributed by atoms with Crippen molar-refractivity contribution >= 4 is 22.4 Å². The van der Waals surface area contributed by atoms with Crippen molar-refractivity contribution in [2.24, 2.45) is 0 Å². The first-order valence-electron chi connectivity index (χ1n) is 5.29. The summed E-state index contributed by atoms with van der Waals surface area (Å²) in [4.78, 5) is 8.23. The van der Waals surface area contributed by atoms with Crippen LogP contribution in [-0.2, 0) is 0 Å². The van der Waals surface area contributed by atoms with E-state index < -0.39 is 0 Å². The Kier molecular flexibility index (Phi) is 2.50. The molecule has 3 heteroatoms. The monoisotopic (exact) mass is 240 g/mol. The Hall–Kier alpha value is -1.93. The van der Waals surface area contributed by atoms with Crippen LogP contribution in [0.25, 0.3) is 21.9 Å². The zero-order valence-electron chi connectivity index (χ0n) is 8.97. The van der Waals surface area contributed by atoms with E-state index >= 15 is 0 Å². The van der Waals surface area contributed by atoms with E-state index in [1.165, 1.54) is 0 Å². The number of pyridine rings is 2. The predicted molar refractivity (Wildman–Crippen MR) is 70.0 cm³/mol. The Morgan fingerprint density at radius 3 is 2.76 bits per heavy atom. The Morgan fingerprint density at radius 1 is 1.00 bits per heavy atom. The van der Waals surface area contributed by atoms with E-state index in [1.807, 2.05) is 36.5 Å². The van der Waals surface area contributed by atoms with Crippen LogP contribution in [-0.4, -0.2) is 9.97 Å². The molecule has 0 bridgehead atoms. The second kappa shape index (κ2) is 4.15. The summed E-state index contributed by atoms with van der Waals surface area (Å²) < 4.78 is 0. The summed E-state index contributed by atoms with van der Waals surface area (Å²) in [5.74, 6) is 0. The molecule has 0 aliphatic carbocycles. The standard InChI is InChI=1S/C14H9ClN2/c15-14-7-13-11(9-17-14)3-1-5-12(13)10-4-2-6-16-8-10/h1-9H. The second-order valence-corrected chi connectivity index (χ2v) is 4.16. The van der Waals surface area contributed by atoms with Gasteiger partial charge in [0.05, 0.1) is 0 Å². The highest BCUT2D eigenvalue weighted by Gasteiger charge is 2.04. The maximum atomic E-state index is 5.95. The molecule has 0 radical (unpaired) electrons. The highest BCUT2D eigenvalue weighted by atomic mass is 35.5. The van der Waals surface area contributed by atoms with Crippen LogP contribution in [0, 0.1) is 0 Å². The number of hydrogen-bond donors (Lipinski definition) is 0. The molecule has 0 spiro atoms. The minimum atomic E-state index is 0.508. The number of fused-ring (bicyclic) bond motifs is 1. The van der Waals surface area contributed by atoms with Crippen LogP contribution in [0.4, 0.5) is 0 Å². The van der Waals surface area contributed by atoms with Crippen molar-refractivity contribution in [3.63, 3.8) is 0 Å². The molecular weight excluding hydrogens is 232 g/mol. The van der Waals surface area contributed by atoms with Crippen molar-refractivity contribution < 1.29 is 0 Å². The van der Waals surface area contributed by atoms with Crippen LogP contribution in [0.5, 0.6) is 0 Å². The summed E-state index contributed by atoms with van der Waals surface area (Å²) in [6.45, 7) is 0. The van der Waals surface area contributed by atoms with E-state index in [1.54, 1.807) is 12.4 Å². The van der Waals surface area contributed by atoms with Crippen molar-refractivity contribution in [2.45, 2.75) is 0 Å². The van der Waals surface area contributed by atoms with Gasteiger partial charge >= 0.3 is 0 Å². The van der Waals surface area contributed by atoms with Gasteiger partial charge in [-0.1, -0.05) is 35.9 Å². The van der Waals surface area contributed by atoms with Gasteiger partial charge in [-0.15, -0.1) is 0 Å². The quantitative estimate of drug-likeness (QED) is 0.602. The largest absolute Gasteiger partial charge is 0.264 e. The van der Waals surface area contributed by atoms with E-state index in [4.69, 9.17) is 11.6 Å². The summed E-state index contributed by atoms with van der Waals surface area (Å²) in [6.07, 6.45) is 5.41. The van der Waals surface area contributed by atoms with Crippen molar-refractivity contribution in [3.05, 3.63) is 60.1 Å². The van der Waals surface area contributed by atoms with Crippen LogP contribution >= 0.6 is 11.6 Å². The lowest BCUT2D eigenvalue weighted by Gasteiger charge is -2.06. The molecule has 0 amide bonds. The Labute approximate surface area is 104 Å². The summed E-state index contributed by atoms with van der Waals surface area (Å²) >= 11 is 5.95. The number of hydrogen-bond acceptors (Lipinski definition) is 2. The van der Waals surface area contributed by atoms with E-state index in [0.29, 0.717) is 5.15 Å². The van der Waals surface area contributed by atoms with Gasteiger partial charge < -0.3 is 0 Å². The molecule has 1 aromatic carbocycles. The van der Waals surface area contributed by atoms with Gasteiger partial charge in [-0.05, 0) is 23.1 Å². The SMILES string of the molecule is Clc1cc2c(-c3cccnc3)cccc2cn1. The highest BCUT2D eigenvalue weighted by molar-refractivity contribution is 6.30. The van der Waals surface area contributed by atoms with Crippen LogP contribution in [0.15, 0.2) is 55.0 Å². The molecule has 2 heterocycles. The molecule has 82 valence electrons. The van der Waals surface area contributed by atoms with Gasteiger partial charge in [0.15, 0.2) is 0 Å². The third kappa shape index (κ3) is 1.87. The number of nitrogens with zero attached hydrogens (tertiary/aromatic N) is 2. The van der Waals surface area contributed by atoms with Crippen LogP contribution in [0.2, 0.25) is 5.15 Å². The maximum Gasteiger partial charge on any atom is 0.129 e. The van der Waals surface area contributed by atoms with Gasteiger partial charge in [0.25, 0.3) is 0 Å². The molecule has 0 fully saturated rings. The maximum absolute atomic E-state index is 5.95. The number of rotatable bonds is 1. The number of halogens is 1. The Bertz CT molecular complexity index is 665. The lowest BCUT2D eigenvalue weighted by Crippen LogP contribution is -1.84. The van der Waals surface area contributed by atoms with Gasteiger partial charge in [0.2, 0.25) is 0 Å². The topological polar surface area (TPSA) is 25.8 Å². The minimum Gasteiger partial charge on any atom is -0.264 e. The zero-order chi connectivity index (χ0) is 11.7. The molecule has 0 aliphatic rings. The van der Waals surface area contributed by atoms with E-state index in [0.717, 1.165) is 21.9 Å². The predicted octanol–water partition coefficient (Wildman–Crippen LogP) is 3.95. The summed E-state index contributed by atoms with van der Waals surface area (Å²) in [6, 6.07) is 12.0. The van der Waals surface area contributed by atoms with Crippen molar-refractivity contribution in [3.8, 4) is 11.1 Å². The molecule has 17 heavy (non-hydrogen) atoms. The molecule has 3 aromatic rings. The fourth-order valence-corrected chi connectivity index (χ4v) is 2.08. The molecule has 0 saturated carbocycles. The Morgan fingerprint density at radius 2 is 1.94 bits per heavy atom. The number of benzene rings is 1. The van der Waals surface area contributed by atoms with E-state index in [9.17, 15) is 0 Å². The van der Waals surface area contributed by atoms with Gasteiger partial charge in [0.1, 0.15) is 5.15 Å². The molecule has 2 nitrogen and oxygen atoms in total. The normalized spacial score (nSPS) is 10.6. The smallest absolute Gasteiger partial charge is 0.129 e. The average Bonchev–Trinajstić information content (AvgIpc) is 2.39. The molecular formula is C14H9ClN2. The molecule has 3 rings (SSSR count). The fourth-order valence-electron chi connectivity index (χ4n) is 1.92. The van der Waals surface area contributed by atoms with Gasteiger partial charge in [0, 0.05) is 29.5 Å². The summed E-state index contributed by atoms with van der Waals surface area (Å²) in [7, 11) is 0. The number of aromatic nitrogens is 2. The molecule has 0 N–H and O–H groups in total. The average molecular weight is 241 g/mol. The third-order valence-corrected chi connectivity index (χ3v) is 2.91. The van der Waals surface area contributed by atoms with E-state index in [-0.39, 0.29) is 0 Å². The van der Waals surface area contributed by atoms with Crippen LogP contribution in [0.1, 0.15) is 0 Å². The second-order valence-electron chi connectivity index (χ2n) is 3.78. The van der Waals surface area contributed by atoms with Gasteiger partial charge in [-0.25, -0.2) is 4.98 Å². The van der Waals surface area contributed by atoms with Crippen molar-refractivity contribution in [1.29, 1.82) is 0 Å². The fraction of sp³-hybridized carbons (Fsp3) is 0. The molecule has 0 aliphatic heterocycles. The summed E-state index contributed by atoms with van der Waals surface area (Å²) in [5, 5.41) is 2.69. The first-order valence-corrected chi connectivity index (χ1v) is 5.67. The minimum absolute atomic E-state index is 0.508. The first kappa shape index (κ1) is 10.2. The lowest BCUT2D eigenvalue weighted by molar-refractivity contribution is 1.33. The Balaban J connectivity index is 2.33. The highest BCUT2D eigenvalue weighted by Crippen LogP contribution is 2.28. The van der Waals surface area contributed by atoms with Gasteiger partial charge in [-0.2, -0.15) is 0 Å². The molecule has 0 unspecified atom stereocenters. The van der Waals surface area contributed by atoms with Crippen LogP contribution in [0.3, 0.4) is 0 Å². The first-order chi connectivity index (χ1) is 8.34. The third-order valence-electron chi connectivity index (χ3n) is 2.70. The lowest BCUT2D eigenvalue weighted by atomic mass is 10.0. The van der Waals surface area contributed by atoms with E-state index in [2.05, 4.69) is 16.0 Å². The zero-order valence-corrected chi connectivity index (χ0v) is 9.72. The molecule has 0 saturated heterocycles. The van der Waals surface area contributed by atoms with Crippen molar-refractivity contribution in [2.75, 3.05) is 0 Å². The van der Waals surface area contributed by atoms with Crippen molar-refractivity contribution in [1.82, 2.24) is 9.97 Å².